The molecular formula is C24H33N3O3. The normalized spacial score (nSPS) is 18.5. The van der Waals surface area contributed by atoms with Crippen LogP contribution in [-0.4, -0.2) is 48.3 Å². The van der Waals surface area contributed by atoms with E-state index in [1.54, 1.807) is 0 Å². The van der Waals surface area contributed by atoms with Gasteiger partial charge in [-0.3, -0.25) is 4.79 Å². The molecule has 0 spiro atoms. The van der Waals surface area contributed by atoms with Crippen LogP contribution in [0.5, 0.6) is 0 Å². The van der Waals surface area contributed by atoms with Crippen molar-refractivity contribution in [2.24, 2.45) is 5.92 Å². The lowest BCUT2D eigenvalue weighted by atomic mass is 10.0. The Hall–Kier alpha value is -2.34. The van der Waals surface area contributed by atoms with Crippen molar-refractivity contribution in [3.63, 3.8) is 0 Å². The molecule has 6 nitrogen and oxygen atoms in total. The monoisotopic (exact) mass is 411 g/mol. The van der Waals surface area contributed by atoms with E-state index in [9.17, 15) is 4.79 Å². The average Bonchev–Trinajstić information content (AvgIpc) is 3.48. The molecule has 1 aliphatic heterocycles. The van der Waals surface area contributed by atoms with Gasteiger partial charge in [-0.1, -0.05) is 55.3 Å². The first-order valence-electron chi connectivity index (χ1n) is 11.4. The van der Waals surface area contributed by atoms with Crippen molar-refractivity contribution in [2.45, 2.75) is 58.5 Å². The van der Waals surface area contributed by atoms with Gasteiger partial charge in [0.05, 0.1) is 25.3 Å². The van der Waals surface area contributed by atoms with Gasteiger partial charge in [-0.05, 0) is 26.2 Å². The Morgan fingerprint density at radius 1 is 1.20 bits per heavy atom. The van der Waals surface area contributed by atoms with Crippen molar-refractivity contribution in [1.82, 2.24) is 10.1 Å². The summed E-state index contributed by atoms with van der Waals surface area (Å²) in [6, 6.07) is 10.3. The van der Waals surface area contributed by atoms with Crippen molar-refractivity contribution >= 4 is 11.8 Å². The Kier molecular flexibility index (Phi) is 6.72. The summed E-state index contributed by atoms with van der Waals surface area (Å²) < 4.78 is 11.4. The lowest BCUT2D eigenvalue weighted by molar-refractivity contribution is -0.138. The van der Waals surface area contributed by atoms with E-state index in [2.05, 4.69) is 40.9 Å². The minimum absolute atomic E-state index is 0.158. The van der Waals surface area contributed by atoms with Crippen LogP contribution in [0.3, 0.4) is 0 Å². The lowest BCUT2D eigenvalue weighted by Gasteiger charge is -2.32. The molecule has 0 N–H and O–H groups in total. The maximum absolute atomic E-state index is 13.4. The third-order valence-electron chi connectivity index (χ3n) is 6.55. The van der Waals surface area contributed by atoms with Crippen LogP contribution in [0.15, 0.2) is 34.9 Å². The van der Waals surface area contributed by atoms with Crippen LogP contribution >= 0.6 is 0 Å². The molecule has 1 amide bonds. The first kappa shape index (κ1) is 20.9. The molecule has 2 aliphatic rings. The van der Waals surface area contributed by atoms with Crippen LogP contribution in [0.4, 0.5) is 5.88 Å². The molecule has 1 aromatic heterocycles. The van der Waals surface area contributed by atoms with Gasteiger partial charge in [-0.15, -0.1) is 0 Å². The zero-order valence-corrected chi connectivity index (χ0v) is 18.2. The summed E-state index contributed by atoms with van der Waals surface area (Å²) in [5.41, 5.74) is 2.87. The summed E-state index contributed by atoms with van der Waals surface area (Å²) in [5.74, 6) is 1.23. The van der Waals surface area contributed by atoms with Crippen LogP contribution in [-0.2, 0) is 16.1 Å². The second-order valence-corrected chi connectivity index (χ2v) is 8.49. The maximum atomic E-state index is 13.4. The highest BCUT2D eigenvalue weighted by Crippen LogP contribution is 2.35. The van der Waals surface area contributed by atoms with Gasteiger partial charge in [0.1, 0.15) is 5.69 Å². The molecule has 1 aliphatic carbocycles. The highest BCUT2D eigenvalue weighted by Gasteiger charge is 2.33. The van der Waals surface area contributed by atoms with E-state index in [1.165, 1.54) is 0 Å². The van der Waals surface area contributed by atoms with Crippen LogP contribution in [0.25, 0.3) is 11.3 Å². The number of anilines is 1. The fraction of sp³-hybridized carbons (Fsp3) is 0.583. The summed E-state index contributed by atoms with van der Waals surface area (Å²) >= 11 is 0. The largest absolute Gasteiger partial charge is 0.378 e. The molecule has 162 valence electrons. The first-order chi connectivity index (χ1) is 14.7. The SMILES string of the molecule is CC[C@@H](C)N(Cc1c(-c2ccccc2)noc1N1CCOCC1)C(=O)C1CCCC1. The third kappa shape index (κ3) is 4.38. The molecule has 6 heteroatoms. The van der Waals surface area contributed by atoms with E-state index in [0.29, 0.717) is 19.8 Å². The minimum atomic E-state index is 0.158. The number of carbonyl (C=O) groups is 1. The summed E-state index contributed by atoms with van der Waals surface area (Å²) in [7, 11) is 0. The molecule has 1 aromatic carbocycles. The molecule has 1 saturated carbocycles. The van der Waals surface area contributed by atoms with Crippen LogP contribution in [0, 0.1) is 5.92 Å². The number of ether oxygens (including phenoxy) is 1. The second kappa shape index (κ2) is 9.65. The Morgan fingerprint density at radius 3 is 2.57 bits per heavy atom. The van der Waals surface area contributed by atoms with Crippen LogP contribution in [0.1, 0.15) is 51.5 Å². The maximum Gasteiger partial charge on any atom is 0.233 e. The van der Waals surface area contributed by atoms with Gasteiger partial charge in [0.2, 0.25) is 11.8 Å². The van der Waals surface area contributed by atoms with Gasteiger partial charge in [0.25, 0.3) is 0 Å². The van der Waals surface area contributed by atoms with Gasteiger partial charge in [-0.25, -0.2) is 0 Å². The number of amides is 1. The summed E-state index contributed by atoms with van der Waals surface area (Å²) in [5, 5.41) is 4.46. The lowest BCUT2D eigenvalue weighted by Crippen LogP contribution is -2.42. The van der Waals surface area contributed by atoms with Crippen LogP contribution < -0.4 is 4.90 Å². The molecule has 2 fully saturated rings. The minimum Gasteiger partial charge on any atom is -0.378 e. The number of hydrogen-bond donors (Lipinski definition) is 0. The van der Waals surface area contributed by atoms with E-state index in [0.717, 1.165) is 67.9 Å². The van der Waals surface area contributed by atoms with E-state index in [1.807, 2.05) is 18.2 Å². The molecule has 1 saturated heterocycles. The molecule has 0 unspecified atom stereocenters. The van der Waals surface area contributed by atoms with Gasteiger partial charge in [0.15, 0.2) is 0 Å². The molecule has 4 rings (SSSR count). The number of aromatic nitrogens is 1. The van der Waals surface area contributed by atoms with E-state index >= 15 is 0 Å². The number of nitrogens with zero attached hydrogens (tertiary/aromatic N) is 3. The van der Waals surface area contributed by atoms with E-state index < -0.39 is 0 Å². The van der Waals surface area contributed by atoms with Crippen molar-refractivity contribution in [3.05, 3.63) is 35.9 Å². The smallest absolute Gasteiger partial charge is 0.233 e. The van der Waals surface area contributed by atoms with Gasteiger partial charge in [-0.2, -0.15) is 0 Å². The third-order valence-corrected chi connectivity index (χ3v) is 6.55. The fourth-order valence-corrected chi connectivity index (χ4v) is 4.53. The number of morpholine rings is 1. The number of hydrogen-bond acceptors (Lipinski definition) is 5. The molecule has 2 aromatic rings. The van der Waals surface area contributed by atoms with Crippen LogP contribution in [0.2, 0.25) is 0 Å². The van der Waals surface area contributed by atoms with Crippen molar-refractivity contribution in [2.75, 3.05) is 31.2 Å². The van der Waals surface area contributed by atoms with Crippen molar-refractivity contribution in [1.29, 1.82) is 0 Å². The van der Waals surface area contributed by atoms with E-state index in [-0.39, 0.29) is 17.9 Å². The fourth-order valence-electron chi connectivity index (χ4n) is 4.53. The molecule has 30 heavy (non-hydrogen) atoms. The van der Waals surface area contributed by atoms with Gasteiger partial charge < -0.3 is 19.1 Å². The Bertz CT molecular complexity index is 823. The zero-order chi connectivity index (χ0) is 20.9. The zero-order valence-electron chi connectivity index (χ0n) is 18.2. The quantitative estimate of drug-likeness (QED) is 0.672. The first-order valence-corrected chi connectivity index (χ1v) is 11.4. The Labute approximate surface area is 179 Å². The predicted octanol–water partition coefficient (Wildman–Crippen LogP) is 4.50. The number of carbonyl (C=O) groups excluding carboxylic acids is 1. The van der Waals surface area contributed by atoms with Crippen molar-refractivity contribution in [3.8, 4) is 11.3 Å². The molecular weight excluding hydrogens is 378 g/mol. The summed E-state index contributed by atoms with van der Waals surface area (Å²) in [6.07, 6.45) is 5.27. The van der Waals surface area contributed by atoms with E-state index in [4.69, 9.17) is 9.26 Å². The second-order valence-electron chi connectivity index (χ2n) is 8.49. The number of rotatable bonds is 7. The molecule has 1 atom stereocenters. The highest BCUT2D eigenvalue weighted by molar-refractivity contribution is 5.80. The average molecular weight is 412 g/mol. The van der Waals surface area contributed by atoms with Gasteiger partial charge in [0, 0.05) is 30.6 Å². The number of benzene rings is 1. The predicted molar refractivity (Wildman–Crippen MR) is 117 cm³/mol. The Balaban J connectivity index is 1.70. The Morgan fingerprint density at radius 2 is 1.90 bits per heavy atom. The summed E-state index contributed by atoms with van der Waals surface area (Å²) in [4.78, 5) is 17.7. The molecule has 2 heterocycles. The molecule has 0 radical (unpaired) electrons. The summed E-state index contributed by atoms with van der Waals surface area (Å²) in [6.45, 7) is 7.73. The molecule has 0 bridgehead atoms. The topological polar surface area (TPSA) is 58.8 Å². The van der Waals surface area contributed by atoms with Gasteiger partial charge >= 0.3 is 0 Å². The standard InChI is InChI=1S/C24H33N3O3/c1-3-18(2)27(23(28)20-11-7-8-12-20)17-21-22(19-9-5-4-6-10-19)25-30-24(21)26-13-15-29-16-14-26/h4-6,9-10,18,20H,3,7-8,11-17H2,1-2H3/t18-/m1/s1. The highest BCUT2D eigenvalue weighted by atomic mass is 16.5. The van der Waals surface area contributed by atoms with Crippen molar-refractivity contribution < 1.29 is 14.1 Å².